The average molecular weight is 280 g/mol. The molecule has 0 amide bonds. The molecule has 2 aliphatic rings. The second kappa shape index (κ2) is 4.68. The molecular weight excluding hydrogens is 258 g/mol. The van der Waals surface area contributed by atoms with Crippen molar-refractivity contribution < 1.29 is 4.74 Å². The summed E-state index contributed by atoms with van der Waals surface area (Å²) in [6.07, 6.45) is 7.06. The van der Waals surface area contributed by atoms with Crippen molar-refractivity contribution in [3.8, 4) is 5.75 Å². The largest absolute Gasteiger partial charge is 0.495 e. The van der Waals surface area contributed by atoms with Crippen molar-refractivity contribution >= 4 is 11.6 Å². The van der Waals surface area contributed by atoms with Crippen LogP contribution in [-0.2, 0) is 18.3 Å². The molecule has 3 heteroatoms. The van der Waals surface area contributed by atoms with Gasteiger partial charge < -0.3 is 10.5 Å². The Labute approximate surface area is 120 Å². The number of methoxy groups -OCH3 is 1. The van der Waals surface area contributed by atoms with E-state index in [1.54, 1.807) is 7.11 Å². The Morgan fingerprint density at radius 1 is 1.21 bits per heavy atom. The first-order valence-electron chi connectivity index (χ1n) is 7.23. The molecule has 0 radical (unpaired) electrons. The Bertz CT molecular complexity index is 520. The van der Waals surface area contributed by atoms with Gasteiger partial charge in [0.05, 0.1) is 12.1 Å². The van der Waals surface area contributed by atoms with Crippen molar-refractivity contribution in [3.63, 3.8) is 0 Å². The molecule has 0 unspecified atom stereocenters. The quantitative estimate of drug-likeness (QED) is 0.919. The molecule has 19 heavy (non-hydrogen) atoms. The van der Waals surface area contributed by atoms with Gasteiger partial charge in [0.25, 0.3) is 0 Å². The molecule has 1 fully saturated rings. The van der Waals surface area contributed by atoms with Crippen LogP contribution in [0.2, 0.25) is 5.02 Å². The lowest BCUT2D eigenvalue weighted by molar-refractivity contribution is 0.402. The van der Waals surface area contributed by atoms with Crippen LogP contribution in [0.25, 0.3) is 0 Å². The van der Waals surface area contributed by atoms with Crippen LogP contribution in [0, 0.1) is 6.92 Å². The first-order valence-corrected chi connectivity index (χ1v) is 7.61. The van der Waals surface area contributed by atoms with Crippen LogP contribution in [0.3, 0.4) is 0 Å². The molecule has 0 aromatic heterocycles. The molecule has 0 aliphatic heterocycles. The van der Waals surface area contributed by atoms with Gasteiger partial charge in [0.1, 0.15) is 5.75 Å². The van der Waals surface area contributed by atoms with E-state index in [1.807, 2.05) is 0 Å². The first-order chi connectivity index (χ1) is 9.14. The highest BCUT2D eigenvalue weighted by molar-refractivity contribution is 6.33. The summed E-state index contributed by atoms with van der Waals surface area (Å²) in [5.74, 6) is 0.891. The standard InChI is InChI=1S/C16H22ClNO/c1-10-11-5-3-4-6-12(11)14(17)15(19-2)13(10)16(9-18)7-8-16/h3-9,18H2,1-2H3. The molecular formula is C16H22ClNO. The van der Waals surface area contributed by atoms with E-state index in [0.29, 0.717) is 6.54 Å². The second-order valence-electron chi connectivity index (χ2n) is 6.00. The predicted octanol–water partition coefficient (Wildman–Crippen LogP) is 3.53. The van der Waals surface area contributed by atoms with Crippen LogP contribution >= 0.6 is 11.6 Å². The summed E-state index contributed by atoms with van der Waals surface area (Å²) in [6, 6.07) is 0. The number of rotatable bonds is 3. The molecule has 0 atom stereocenters. The molecule has 2 nitrogen and oxygen atoms in total. The summed E-state index contributed by atoms with van der Waals surface area (Å²) in [7, 11) is 1.73. The average Bonchev–Trinajstić information content (AvgIpc) is 3.23. The van der Waals surface area contributed by atoms with E-state index in [9.17, 15) is 0 Å². The van der Waals surface area contributed by atoms with Gasteiger partial charge in [-0.3, -0.25) is 0 Å². The van der Waals surface area contributed by atoms with E-state index in [0.717, 1.165) is 36.5 Å². The number of nitrogens with two attached hydrogens (primary N) is 1. The molecule has 0 saturated heterocycles. The second-order valence-corrected chi connectivity index (χ2v) is 6.37. The van der Waals surface area contributed by atoms with Gasteiger partial charge in [-0.25, -0.2) is 0 Å². The summed E-state index contributed by atoms with van der Waals surface area (Å²) < 4.78 is 5.66. The van der Waals surface area contributed by atoms with Gasteiger partial charge in [0.15, 0.2) is 0 Å². The van der Waals surface area contributed by atoms with Crippen LogP contribution in [0.5, 0.6) is 5.75 Å². The molecule has 2 N–H and O–H groups in total. The van der Waals surface area contributed by atoms with Crippen molar-refractivity contribution in [1.82, 2.24) is 0 Å². The minimum atomic E-state index is 0.130. The highest BCUT2D eigenvalue weighted by atomic mass is 35.5. The number of fused-ring (bicyclic) bond motifs is 1. The van der Waals surface area contributed by atoms with Gasteiger partial charge in [-0.1, -0.05) is 11.6 Å². The highest BCUT2D eigenvalue weighted by Gasteiger charge is 2.47. The zero-order valence-electron chi connectivity index (χ0n) is 11.8. The van der Waals surface area contributed by atoms with Crippen LogP contribution in [0.15, 0.2) is 0 Å². The van der Waals surface area contributed by atoms with E-state index in [4.69, 9.17) is 22.1 Å². The van der Waals surface area contributed by atoms with Gasteiger partial charge >= 0.3 is 0 Å². The third kappa shape index (κ3) is 1.88. The van der Waals surface area contributed by atoms with Crippen LogP contribution in [0.4, 0.5) is 0 Å². The third-order valence-corrected chi connectivity index (χ3v) is 5.37. The van der Waals surface area contributed by atoms with Crippen molar-refractivity contribution in [2.24, 2.45) is 5.73 Å². The molecule has 104 valence electrons. The molecule has 3 rings (SSSR count). The Hall–Kier alpha value is -0.730. The SMILES string of the molecule is COc1c(Cl)c2c(c(C)c1C1(CN)CC1)CCCC2. The maximum atomic E-state index is 6.63. The van der Waals surface area contributed by atoms with E-state index >= 15 is 0 Å². The number of hydrogen-bond acceptors (Lipinski definition) is 2. The number of halogens is 1. The van der Waals surface area contributed by atoms with Crippen molar-refractivity contribution in [1.29, 1.82) is 0 Å². The lowest BCUT2D eigenvalue weighted by Gasteiger charge is -2.28. The molecule has 1 saturated carbocycles. The lowest BCUT2D eigenvalue weighted by atomic mass is 9.81. The maximum absolute atomic E-state index is 6.63. The predicted molar refractivity (Wildman–Crippen MR) is 79.3 cm³/mol. The smallest absolute Gasteiger partial charge is 0.141 e. The molecule has 2 aliphatic carbocycles. The van der Waals surface area contributed by atoms with Crippen molar-refractivity contribution in [3.05, 3.63) is 27.3 Å². The monoisotopic (exact) mass is 279 g/mol. The highest BCUT2D eigenvalue weighted by Crippen LogP contribution is 2.55. The van der Waals surface area contributed by atoms with Gasteiger partial charge in [-0.05, 0) is 62.1 Å². The van der Waals surface area contributed by atoms with Crippen LogP contribution < -0.4 is 10.5 Å². The topological polar surface area (TPSA) is 35.2 Å². The minimum Gasteiger partial charge on any atom is -0.495 e. The first kappa shape index (κ1) is 13.3. The summed E-state index contributed by atoms with van der Waals surface area (Å²) in [5.41, 5.74) is 11.6. The summed E-state index contributed by atoms with van der Waals surface area (Å²) in [6.45, 7) is 2.92. The van der Waals surface area contributed by atoms with Crippen molar-refractivity contribution in [2.75, 3.05) is 13.7 Å². The Morgan fingerprint density at radius 2 is 1.84 bits per heavy atom. The molecule has 0 bridgehead atoms. The van der Waals surface area contributed by atoms with Gasteiger partial charge in [-0.2, -0.15) is 0 Å². The molecule has 0 heterocycles. The molecule has 1 aromatic carbocycles. The zero-order valence-corrected chi connectivity index (χ0v) is 12.6. The third-order valence-electron chi connectivity index (χ3n) is 4.97. The van der Waals surface area contributed by atoms with Crippen LogP contribution in [-0.4, -0.2) is 13.7 Å². The lowest BCUT2D eigenvalue weighted by Crippen LogP contribution is -2.23. The Morgan fingerprint density at radius 3 is 2.37 bits per heavy atom. The van der Waals surface area contributed by atoms with Crippen molar-refractivity contribution in [2.45, 2.75) is 50.9 Å². The fourth-order valence-electron chi connectivity index (χ4n) is 3.67. The summed E-state index contributed by atoms with van der Waals surface area (Å²) in [5, 5.41) is 0.845. The summed E-state index contributed by atoms with van der Waals surface area (Å²) >= 11 is 6.63. The van der Waals surface area contributed by atoms with Gasteiger partial charge in [-0.15, -0.1) is 0 Å². The fraction of sp³-hybridized carbons (Fsp3) is 0.625. The fourth-order valence-corrected chi connectivity index (χ4v) is 4.05. The number of benzene rings is 1. The van der Waals surface area contributed by atoms with E-state index in [1.165, 1.54) is 35.1 Å². The number of ether oxygens (including phenoxy) is 1. The normalized spacial score (nSPS) is 20.0. The summed E-state index contributed by atoms with van der Waals surface area (Å²) in [4.78, 5) is 0. The minimum absolute atomic E-state index is 0.130. The van der Waals surface area contributed by atoms with E-state index in [-0.39, 0.29) is 5.41 Å². The van der Waals surface area contributed by atoms with Gasteiger partial charge in [0, 0.05) is 17.5 Å². The van der Waals surface area contributed by atoms with E-state index < -0.39 is 0 Å². The van der Waals surface area contributed by atoms with Crippen LogP contribution in [0.1, 0.15) is 47.9 Å². The van der Waals surface area contributed by atoms with E-state index in [2.05, 4.69) is 6.92 Å². The zero-order chi connectivity index (χ0) is 13.6. The maximum Gasteiger partial charge on any atom is 0.141 e. The number of hydrogen-bond donors (Lipinski definition) is 1. The van der Waals surface area contributed by atoms with Gasteiger partial charge in [0.2, 0.25) is 0 Å². The Balaban J connectivity index is 2.26. The molecule has 1 aromatic rings. The molecule has 0 spiro atoms. The Kier molecular flexibility index (Phi) is 3.26.